The first-order valence-corrected chi connectivity index (χ1v) is 16.2. The highest BCUT2D eigenvalue weighted by Crippen LogP contribution is 2.40. The van der Waals surface area contributed by atoms with Crippen molar-refractivity contribution in [3.63, 3.8) is 0 Å². The minimum Gasteiger partial charge on any atom is -0.494 e. The fourth-order valence-electron chi connectivity index (χ4n) is 5.83. The summed E-state index contributed by atoms with van der Waals surface area (Å²) in [5, 5.41) is 7.36. The molecule has 1 aliphatic rings. The molecule has 3 heterocycles. The summed E-state index contributed by atoms with van der Waals surface area (Å²) in [6.45, 7) is 17.0. The molecule has 0 atom stereocenters. The normalized spacial score (nSPS) is 12.6. The second-order valence-corrected chi connectivity index (χ2v) is 12.3. The van der Waals surface area contributed by atoms with Gasteiger partial charge in [-0.25, -0.2) is 14.8 Å². The third-order valence-corrected chi connectivity index (χ3v) is 8.09. The van der Waals surface area contributed by atoms with Gasteiger partial charge in [0.2, 0.25) is 11.9 Å². The summed E-state index contributed by atoms with van der Waals surface area (Å²) in [6.07, 6.45) is 2.57. The molecule has 0 aliphatic carbocycles. The molecule has 254 valence electrons. The highest BCUT2D eigenvalue weighted by atomic mass is 16.6. The van der Waals surface area contributed by atoms with Gasteiger partial charge in [0.1, 0.15) is 11.4 Å². The summed E-state index contributed by atoms with van der Waals surface area (Å²) >= 11 is 0. The number of nitrogens with one attached hydrogen (secondary N) is 2. The van der Waals surface area contributed by atoms with Gasteiger partial charge in [-0.1, -0.05) is 24.8 Å². The molecule has 2 N–H and O–H groups in total. The van der Waals surface area contributed by atoms with E-state index in [0.717, 1.165) is 40.1 Å². The Morgan fingerprint density at radius 2 is 1.90 bits per heavy atom. The van der Waals surface area contributed by atoms with Crippen LogP contribution in [-0.4, -0.2) is 76.9 Å². The molecule has 12 heteroatoms. The molecule has 0 saturated carbocycles. The third-order valence-electron chi connectivity index (χ3n) is 8.09. The molecular weight excluding hydrogens is 610 g/mol. The summed E-state index contributed by atoms with van der Waals surface area (Å²) in [6, 6.07) is 13.8. The van der Waals surface area contributed by atoms with E-state index >= 15 is 0 Å². The molecule has 5 rings (SSSR count). The number of hydrogen-bond acceptors (Lipinski definition) is 9. The summed E-state index contributed by atoms with van der Waals surface area (Å²) < 4.78 is 19.6. The molecule has 2 amide bonds. The van der Waals surface area contributed by atoms with Crippen LogP contribution in [0.4, 0.5) is 27.8 Å². The molecule has 0 bridgehead atoms. The van der Waals surface area contributed by atoms with Crippen molar-refractivity contribution in [2.24, 2.45) is 0 Å². The van der Waals surface area contributed by atoms with Gasteiger partial charge in [0.15, 0.2) is 0 Å². The van der Waals surface area contributed by atoms with Crippen molar-refractivity contribution >= 4 is 45.9 Å². The number of methoxy groups -OCH3 is 1. The second kappa shape index (κ2) is 14.8. The van der Waals surface area contributed by atoms with Gasteiger partial charge in [-0.2, -0.15) is 0 Å². The predicted octanol–water partition coefficient (Wildman–Crippen LogP) is 6.59. The lowest BCUT2D eigenvalue weighted by molar-refractivity contribution is -0.111. The number of aromatic nitrogens is 3. The lowest BCUT2D eigenvalue weighted by Gasteiger charge is -2.31. The van der Waals surface area contributed by atoms with Crippen molar-refractivity contribution in [1.82, 2.24) is 19.4 Å². The number of anilines is 4. The molecular formula is C36H45N7O5. The van der Waals surface area contributed by atoms with Gasteiger partial charge >= 0.3 is 6.09 Å². The van der Waals surface area contributed by atoms with Crippen molar-refractivity contribution in [3.05, 3.63) is 67.0 Å². The SMILES string of the molecule is C=CC(=O)Nc1cc(Nc2nccc(-c3c4n(c5ccccc35)CCOC4)n2)c(OC)cc1N(CC)CCN(CC)C(=O)OC(C)(C)C. The smallest absolute Gasteiger partial charge is 0.410 e. The van der Waals surface area contributed by atoms with E-state index in [1.54, 1.807) is 24.3 Å². The first kappa shape index (κ1) is 34.2. The highest BCUT2D eigenvalue weighted by Gasteiger charge is 2.24. The molecule has 48 heavy (non-hydrogen) atoms. The Morgan fingerprint density at radius 1 is 1.10 bits per heavy atom. The maximum absolute atomic E-state index is 12.8. The Labute approximate surface area is 281 Å². The Balaban J connectivity index is 1.47. The number of hydrogen-bond donors (Lipinski definition) is 2. The Bertz CT molecular complexity index is 1800. The Morgan fingerprint density at radius 3 is 2.60 bits per heavy atom. The number of ether oxygens (including phenoxy) is 3. The number of likely N-dealkylation sites (N-methyl/N-ethyl adjacent to an activating group) is 2. The van der Waals surface area contributed by atoms with Crippen LogP contribution < -0.4 is 20.3 Å². The van der Waals surface area contributed by atoms with Gasteiger partial charge in [0, 0.05) is 61.5 Å². The number of benzene rings is 2. The zero-order chi connectivity index (χ0) is 34.4. The molecule has 0 unspecified atom stereocenters. The molecule has 0 radical (unpaired) electrons. The number of para-hydroxylation sites is 1. The zero-order valence-corrected chi connectivity index (χ0v) is 28.6. The average Bonchev–Trinajstić information content (AvgIpc) is 3.41. The monoisotopic (exact) mass is 655 g/mol. The van der Waals surface area contributed by atoms with Crippen LogP contribution in [0.1, 0.15) is 40.3 Å². The van der Waals surface area contributed by atoms with Crippen LogP contribution in [0.3, 0.4) is 0 Å². The largest absolute Gasteiger partial charge is 0.494 e. The van der Waals surface area contributed by atoms with Gasteiger partial charge in [0.05, 0.1) is 48.8 Å². The van der Waals surface area contributed by atoms with Gasteiger partial charge < -0.3 is 39.2 Å². The van der Waals surface area contributed by atoms with Crippen LogP contribution in [0.5, 0.6) is 5.75 Å². The number of fused-ring (bicyclic) bond motifs is 3. The maximum atomic E-state index is 12.8. The standard InChI is InChI=1S/C36H45N7O5/c1-8-32(44)38-26-21-27(31(46-7)22-29(26)41(9-2)17-18-42(10-3)35(45)48-36(4,5)6)40-34-37-16-15-25(39-34)33-24-13-11-12-14-28(24)43-19-20-47-23-30(33)43/h8,11-16,21-22H,1,9-10,17-20,23H2,2-7H3,(H,38,44)(H,37,39,40). The summed E-state index contributed by atoms with van der Waals surface area (Å²) in [5.74, 6) is 0.524. The van der Waals surface area contributed by atoms with Crippen molar-refractivity contribution in [2.75, 3.05) is 55.4 Å². The van der Waals surface area contributed by atoms with Gasteiger partial charge in [-0.15, -0.1) is 0 Å². The van der Waals surface area contributed by atoms with E-state index in [1.807, 2.05) is 58.9 Å². The van der Waals surface area contributed by atoms with Crippen molar-refractivity contribution in [3.8, 4) is 17.0 Å². The molecule has 0 fully saturated rings. The van der Waals surface area contributed by atoms with Crippen LogP contribution in [0.2, 0.25) is 0 Å². The quantitative estimate of drug-likeness (QED) is 0.163. The van der Waals surface area contributed by atoms with E-state index in [4.69, 9.17) is 19.2 Å². The lowest BCUT2D eigenvalue weighted by Crippen LogP contribution is -2.41. The minimum atomic E-state index is -0.597. The number of nitrogens with zero attached hydrogens (tertiary/aromatic N) is 5. The summed E-state index contributed by atoms with van der Waals surface area (Å²) in [7, 11) is 1.58. The zero-order valence-electron chi connectivity index (χ0n) is 28.6. The molecule has 4 aromatic rings. The number of carbonyl (C=O) groups is 2. The van der Waals surface area contributed by atoms with Crippen LogP contribution in [0.25, 0.3) is 22.2 Å². The first-order chi connectivity index (χ1) is 23.1. The Hall–Kier alpha value is -5.10. The van der Waals surface area contributed by atoms with Crippen molar-refractivity contribution < 1.29 is 23.8 Å². The molecule has 0 saturated heterocycles. The number of rotatable bonds is 12. The van der Waals surface area contributed by atoms with Crippen molar-refractivity contribution in [2.45, 2.75) is 53.4 Å². The van der Waals surface area contributed by atoms with Crippen LogP contribution >= 0.6 is 0 Å². The van der Waals surface area contributed by atoms with E-state index in [0.29, 0.717) is 62.5 Å². The van der Waals surface area contributed by atoms with Crippen molar-refractivity contribution in [1.29, 1.82) is 0 Å². The van der Waals surface area contributed by atoms with Crippen LogP contribution in [0, 0.1) is 0 Å². The summed E-state index contributed by atoms with van der Waals surface area (Å²) in [4.78, 5) is 38.6. The third kappa shape index (κ3) is 7.54. The topological polar surface area (TPSA) is 123 Å². The molecule has 0 spiro atoms. The predicted molar refractivity (Wildman–Crippen MR) is 189 cm³/mol. The minimum absolute atomic E-state index is 0.363. The van der Waals surface area contributed by atoms with E-state index in [2.05, 4.69) is 43.8 Å². The van der Waals surface area contributed by atoms with Gasteiger partial charge in [-0.05, 0) is 58.9 Å². The average molecular weight is 656 g/mol. The van der Waals surface area contributed by atoms with Crippen LogP contribution in [0.15, 0.2) is 61.3 Å². The number of amides is 2. The molecule has 2 aromatic heterocycles. The molecule has 12 nitrogen and oxygen atoms in total. The van der Waals surface area contributed by atoms with Gasteiger partial charge in [0.25, 0.3) is 0 Å². The lowest BCUT2D eigenvalue weighted by atomic mass is 10.1. The molecule has 2 aromatic carbocycles. The fourth-order valence-corrected chi connectivity index (χ4v) is 5.83. The second-order valence-electron chi connectivity index (χ2n) is 12.3. The first-order valence-electron chi connectivity index (χ1n) is 16.2. The summed E-state index contributed by atoms with van der Waals surface area (Å²) in [5.41, 5.74) is 5.22. The maximum Gasteiger partial charge on any atom is 0.410 e. The van der Waals surface area contributed by atoms with Gasteiger partial charge in [-0.3, -0.25) is 4.79 Å². The van der Waals surface area contributed by atoms with E-state index < -0.39 is 5.60 Å². The van der Waals surface area contributed by atoms with E-state index in [1.165, 1.54) is 6.08 Å². The fraction of sp³-hybridized carbons (Fsp3) is 0.389. The van der Waals surface area contributed by atoms with E-state index in [9.17, 15) is 9.59 Å². The Kier molecular flexibility index (Phi) is 10.5. The highest BCUT2D eigenvalue weighted by molar-refractivity contribution is 6.02. The van der Waals surface area contributed by atoms with Crippen LogP contribution in [-0.2, 0) is 27.4 Å². The van der Waals surface area contributed by atoms with E-state index in [-0.39, 0.29) is 12.0 Å². The number of carbonyl (C=O) groups excluding carboxylic acids is 2. The molecule has 1 aliphatic heterocycles.